The van der Waals surface area contributed by atoms with Crippen LogP contribution in [0.5, 0.6) is 0 Å². The molecule has 0 unspecified atom stereocenters. The number of aryl methyl sites for hydroxylation is 2. The van der Waals surface area contributed by atoms with Gasteiger partial charge in [-0.2, -0.15) is 0 Å². The lowest BCUT2D eigenvalue weighted by Crippen LogP contribution is -2.07. The molecule has 0 saturated heterocycles. The predicted molar refractivity (Wildman–Crippen MR) is 76.6 cm³/mol. The van der Waals surface area contributed by atoms with Gasteiger partial charge < -0.3 is 5.11 Å². The summed E-state index contributed by atoms with van der Waals surface area (Å²) < 4.78 is 0. The molecule has 1 N–H and O–H groups in total. The number of hydrogen-bond acceptors (Lipinski definition) is 3. The molecule has 0 saturated carbocycles. The van der Waals surface area contributed by atoms with Crippen molar-refractivity contribution >= 4 is 11.6 Å². The fourth-order valence-corrected chi connectivity index (χ4v) is 2.27. The second kappa shape index (κ2) is 6.13. The number of aliphatic hydroxyl groups excluding tert-OH is 1. The van der Waals surface area contributed by atoms with Gasteiger partial charge in [-0.1, -0.05) is 23.7 Å². The van der Waals surface area contributed by atoms with Crippen LogP contribution in [0, 0.1) is 13.8 Å². The number of rotatable bonds is 4. The molecular formula is C15H17ClN2O. The molecule has 0 aliphatic rings. The molecule has 1 aromatic heterocycles. The Bertz CT molecular complexity index is 544. The maximum atomic E-state index is 9.03. The van der Waals surface area contributed by atoms with Gasteiger partial charge in [-0.3, -0.25) is 0 Å². The van der Waals surface area contributed by atoms with Crippen molar-refractivity contribution in [3.05, 3.63) is 57.6 Å². The number of aliphatic hydroxyl groups is 1. The van der Waals surface area contributed by atoms with Crippen LogP contribution >= 0.6 is 11.6 Å². The molecule has 19 heavy (non-hydrogen) atoms. The van der Waals surface area contributed by atoms with Gasteiger partial charge in [0.1, 0.15) is 5.82 Å². The summed E-state index contributed by atoms with van der Waals surface area (Å²) in [5.74, 6) is 0.805. The Morgan fingerprint density at radius 3 is 2.16 bits per heavy atom. The van der Waals surface area contributed by atoms with E-state index < -0.39 is 0 Å². The van der Waals surface area contributed by atoms with Gasteiger partial charge in [0.2, 0.25) is 0 Å². The SMILES string of the molecule is Cc1nc(Cc2ccc(Cl)cc2)nc(C)c1CCO. The van der Waals surface area contributed by atoms with Crippen molar-refractivity contribution in [2.75, 3.05) is 6.61 Å². The molecule has 3 nitrogen and oxygen atoms in total. The van der Waals surface area contributed by atoms with Gasteiger partial charge in [0.15, 0.2) is 0 Å². The largest absolute Gasteiger partial charge is 0.396 e. The summed E-state index contributed by atoms with van der Waals surface area (Å²) in [6, 6.07) is 7.71. The molecule has 0 fully saturated rings. The molecule has 0 spiro atoms. The Labute approximate surface area is 118 Å². The van der Waals surface area contributed by atoms with E-state index in [9.17, 15) is 0 Å². The smallest absolute Gasteiger partial charge is 0.133 e. The first-order valence-corrected chi connectivity index (χ1v) is 6.66. The zero-order chi connectivity index (χ0) is 13.8. The van der Waals surface area contributed by atoms with Crippen LogP contribution in [0.4, 0.5) is 0 Å². The Morgan fingerprint density at radius 2 is 1.63 bits per heavy atom. The first kappa shape index (κ1) is 14.0. The average molecular weight is 277 g/mol. The lowest BCUT2D eigenvalue weighted by atomic mass is 10.1. The van der Waals surface area contributed by atoms with Gasteiger partial charge >= 0.3 is 0 Å². The third-order valence-electron chi connectivity index (χ3n) is 3.10. The average Bonchev–Trinajstić information content (AvgIpc) is 2.37. The van der Waals surface area contributed by atoms with E-state index in [1.165, 1.54) is 0 Å². The van der Waals surface area contributed by atoms with Gasteiger partial charge in [-0.05, 0) is 43.5 Å². The molecule has 2 rings (SSSR count). The van der Waals surface area contributed by atoms with E-state index >= 15 is 0 Å². The Morgan fingerprint density at radius 1 is 1.05 bits per heavy atom. The van der Waals surface area contributed by atoms with Gasteiger partial charge in [0, 0.05) is 29.4 Å². The van der Waals surface area contributed by atoms with Crippen LogP contribution in [0.3, 0.4) is 0 Å². The van der Waals surface area contributed by atoms with E-state index in [4.69, 9.17) is 16.7 Å². The lowest BCUT2D eigenvalue weighted by molar-refractivity contribution is 0.298. The van der Waals surface area contributed by atoms with Crippen molar-refractivity contribution in [3.8, 4) is 0 Å². The monoisotopic (exact) mass is 276 g/mol. The molecule has 100 valence electrons. The second-order valence-electron chi connectivity index (χ2n) is 4.57. The van der Waals surface area contributed by atoms with Crippen LogP contribution in [-0.2, 0) is 12.8 Å². The number of nitrogens with zero attached hydrogens (tertiary/aromatic N) is 2. The van der Waals surface area contributed by atoms with Gasteiger partial charge in [0.25, 0.3) is 0 Å². The Balaban J connectivity index is 2.24. The summed E-state index contributed by atoms with van der Waals surface area (Å²) >= 11 is 5.87. The predicted octanol–water partition coefficient (Wildman–Crippen LogP) is 2.87. The molecule has 0 amide bonds. The van der Waals surface area contributed by atoms with Crippen LogP contribution in [-0.4, -0.2) is 21.7 Å². The fourth-order valence-electron chi connectivity index (χ4n) is 2.15. The van der Waals surface area contributed by atoms with E-state index in [1.54, 1.807) is 0 Å². The quantitative estimate of drug-likeness (QED) is 0.934. The summed E-state index contributed by atoms with van der Waals surface area (Å²) in [5.41, 5.74) is 4.08. The minimum absolute atomic E-state index is 0.127. The third-order valence-corrected chi connectivity index (χ3v) is 3.36. The van der Waals surface area contributed by atoms with Crippen molar-refractivity contribution in [1.82, 2.24) is 9.97 Å². The number of halogens is 1. The zero-order valence-corrected chi connectivity index (χ0v) is 11.9. The van der Waals surface area contributed by atoms with Crippen LogP contribution in [0.1, 0.15) is 28.3 Å². The summed E-state index contributed by atoms with van der Waals surface area (Å²) in [6.45, 7) is 4.05. The van der Waals surface area contributed by atoms with Crippen LogP contribution in [0.2, 0.25) is 5.02 Å². The van der Waals surface area contributed by atoms with Crippen molar-refractivity contribution in [1.29, 1.82) is 0 Å². The molecule has 0 radical (unpaired) electrons. The summed E-state index contributed by atoms with van der Waals surface area (Å²) in [4.78, 5) is 9.03. The van der Waals surface area contributed by atoms with Crippen molar-refractivity contribution < 1.29 is 5.11 Å². The highest BCUT2D eigenvalue weighted by Crippen LogP contribution is 2.15. The molecule has 4 heteroatoms. The Kier molecular flexibility index (Phi) is 4.51. The molecule has 0 atom stereocenters. The van der Waals surface area contributed by atoms with E-state index in [-0.39, 0.29) is 6.61 Å². The zero-order valence-electron chi connectivity index (χ0n) is 11.2. The topological polar surface area (TPSA) is 46.0 Å². The normalized spacial score (nSPS) is 10.7. The summed E-state index contributed by atoms with van der Waals surface area (Å²) in [5, 5.41) is 9.76. The van der Waals surface area contributed by atoms with Crippen LogP contribution in [0.25, 0.3) is 0 Å². The fraction of sp³-hybridized carbons (Fsp3) is 0.333. The first-order chi connectivity index (χ1) is 9.10. The van der Waals surface area contributed by atoms with E-state index in [0.717, 1.165) is 33.4 Å². The molecule has 0 aliphatic carbocycles. The van der Waals surface area contributed by atoms with E-state index in [2.05, 4.69) is 9.97 Å². The number of hydrogen-bond donors (Lipinski definition) is 1. The summed E-state index contributed by atoms with van der Waals surface area (Å²) in [7, 11) is 0. The molecule has 1 aromatic carbocycles. The Hall–Kier alpha value is -1.45. The summed E-state index contributed by atoms with van der Waals surface area (Å²) in [6.07, 6.45) is 1.30. The van der Waals surface area contributed by atoms with Crippen molar-refractivity contribution in [3.63, 3.8) is 0 Å². The number of benzene rings is 1. The molecule has 1 heterocycles. The van der Waals surface area contributed by atoms with Gasteiger partial charge in [-0.25, -0.2) is 9.97 Å². The number of aromatic nitrogens is 2. The molecule has 2 aromatic rings. The standard InChI is InChI=1S/C15H17ClN2O/c1-10-14(7-8-19)11(2)18-15(17-10)9-12-3-5-13(16)6-4-12/h3-6,19H,7-9H2,1-2H3. The highest BCUT2D eigenvalue weighted by molar-refractivity contribution is 6.30. The first-order valence-electron chi connectivity index (χ1n) is 6.28. The van der Waals surface area contributed by atoms with E-state index in [0.29, 0.717) is 12.8 Å². The molecule has 0 bridgehead atoms. The third kappa shape index (κ3) is 3.52. The van der Waals surface area contributed by atoms with Crippen molar-refractivity contribution in [2.45, 2.75) is 26.7 Å². The van der Waals surface area contributed by atoms with E-state index in [1.807, 2.05) is 38.1 Å². The molecular weight excluding hydrogens is 260 g/mol. The van der Waals surface area contributed by atoms with Gasteiger partial charge in [-0.15, -0.1) is 0 Å². The van der Waals surface area contributed by atoms with Crippen LogP contribution < -0.4 is 0 Å². The highest BCUT2D eigenvalue weighted by atomic mass is 35.5. The highest BCUT2D eigenvalue weighted by Gasteiger charge is 2.08. The van der Waals surface area contributed by atoms with Crippen molar-refractivity contribution in [2.24, 2.45) is 0 Å². The maximum Gasteiger partial charge on any atom is 0.133 e. The minimum atomic E-state index is 0.127. The minimum Gasteiger partial charge on any atom is -0.396 e. The second-order valence-corrected chi connectivity index (χ2v) is 5.00. The van der Waals surface area contributed by atoms with Crippen LogP contribution in [0.15, 0.2) is 24.3 Å². The molecule has 0 aliphatic heterocycles. The maximum absolute atomic E-state index is 9.03. The lowest BCUT2D eigenvalue weighted by Gasteiger charge is -2.10. The van der Waals surface area contributed by atoms with Gasteiger partial charge in [0.05, 0.1) is 0 Å².